The summed E-state index contributed by atoms with van der Waals surface area (Å²) in [4.78, 5) is 12.4. The largest absolute Gasteiger partial charge is 0.324 e. The van der Waals surface area contributed by atoms with E-state index < -0.39 is 9.84 Å². The minimum atomic E-state index is -3.33. The second-order valence-corrected chi connectivity index (χ2v) is 7.90. The smallest absolute Gasteiger partial charge is 0.227 e. The lowest BCUT2D eigenvalue weighted by atomic mass is 9.92. The highest BCUT2D eigenvalue weighted by Gasteiger charge is 2.25. The number of halogens is 1. The molecule has 1 fully saturated rings. The molecule has 0 spiro atoms. The van der Waals surface area contributed by atoms with E-state index in [1.807, 2.05) is 6.92 Å². The molecule has 2 atom stereocenters. The summed E-state index contributed by atoms with van der Waals surface area (Å²) >= 11 is 6.04. The molecule has 1 aliphatic heterocycles. The molecule has 0 bridgehead atoms. The highest BCUT2D eigenvalue weighted by molar-refractivity contribution is 7.90. The van der Waals surface area contributed by atoms with Gasteiger partial charge in [-0.1, -0.05) is 11.6 Å². The highest BCUT2D eigenvalue weighted by atomic mass is 35.5. The van der Waals surface area contributed by atoms with Crippen LogP contribution in [0.4, 0.5) is 5.69 Å². The summed E-state index contributed by atoms with van der Waals surface area (Å²) < 4.78 is 23.1. The molecular formula is C14H19ClN2O3S. The zero-order chi connectivity index (χ0) is 15.6. The van der Waals surface area contributed by atoms with E-state index in [2.05, 4.69) is 10.6 Å². The zero-order valence-electron chi connectivity index (χ0n) is 12.0. The van der Waals surface area contributed by atoms with E-state index in [0.29, 0.717) is 16.8 Å². The Morgan fingerprint density at radius 3 is 2.76 bits per heavy atom. The lowest BCUT2D eigenvalue weighted by molar-refractivity contribution is -0.120. The minimum absolute atomic E-state index is 0.0841. The average Bonchev–Trinajstić information content (AvgIpc) is 2.40. The molecule has 2 rings (SSSR count). The minimum Gasteiger partial charge on any atom is -0.324 e. The van der Waals surface area contributed by atoms with Gasteiger partial charge in [0.05, 0.1) is 15.6 Å². The van der Waals surface area contributed by atoms with Crippen molar-refractivity contribution in [3.8, 4) is 0 Å². The standard InChI is InChI=1S/C14H19ClN2O3S/c1-9-7-10(5-6-16-9)14(18)17-13-8-11(21(2,19)20)3-4-12(13)15/h3-4,8-10,16H,5-7H2,1-2H3,(H,17,18). The monoisotopic (exact) mass is 330 g/mol. The van der Waals surface area contributed by atoms with Crippen LogP contribution in [0.25, 0.3) is 0 Å². The Labute approximate surface area is 130 Å². The number of piperidine rings is 1. The Hall–Kier alpha value is -1.11. The Morgan fingerprint density at radius 1 is 1.43 bits per heavy atom. The molecule has 7 heteroatoms. The summed E-state index contributed by atoms with van der Waals surface area (Å²) in [6, 6.07) is 4.62. The van der Waals surface area contributed by atoms with Crippen LogP contribution in [0.5, 0.6) is 0 Å². The molecule has 1 aromatic carbocycles. The van der Waals surface area contributed by atoms with Crippen LogP contribution in [0.15, 0.2) is 23.1 Å². The Kier molecular flexibility index (Phi) is 4.91. The summed E-state index contributed by atoms with van der Waals surface area (Å²) in [5.74, 6) is -0.199. The molecule has 2 unspecified atom stereocenters. The maximum absolute atomic E-state index is 12.3. The Morgan fingerprint density at radius 2 is 2.14 bits per heavy atom. The molecule has 116 valence electrons. The number of nitrogens with one attached hydrogen (secondary N) is 2. The van der Waals surface area contributed by atoms with Gasteiger partial charge in [0.1, 0.15) is 0 Å². The van der Waals surface area contributed by atoms with E-state index >= 15 is 0 Å². The van der Waals surface area contributed by atoms with Gasteiger partial charge in [-0.2, -0.15) is 0 Å². The lowest BCUT2D eigenvalue weighted by Crippen LogP contribution is -2.40. The van der Waals surface area contributed by atoms with Crippen LogP contribution >= 0.6 is 11.6 Å². The normalized spacial score (nSPS) is 22.8. The van der Waals surface area contributed by atoms with Crippen LogP contribution in [-0.2, 0) is 14.6 Å². The number of amides is 1. The third kappa shape index (κ3) is 4.18. The van der Waals surface area contributed by atoms with Crippen molar-refractivity contribution in [3.05, 3.63) is 23.2 Å². The molecular weight excluding hydrogens is 312 g/mol. The fourth-order valence-electron chi connectivity index (χ4n) is 2.44. The number of benzene rings is 1. The molecule has 1 heterocycles. The van der Waals surface area contributed by atoms with Crippen molar-refractivity contribution < 1.29 is 13.2 Å². The first-order chi connectivity index (χ1) is 9.77. The van der Waals surface area contributed by atoms with Gasteiger partial charge in [-0.3, -0.25) is 4.79 Å². The third-order valence-corrected chi connectivity index (χ3v) is 5.06. The van der Waals surface area contributed by atoms with E-state index in [1.165, 1.54) is 18.2 Å². The van der Waals surface area contributed by atoms with E-state index in [9.17, 15) is 13.2 Å². The van der Waals surface area contributed by atoms with Gasteiger partial charge in [-0.25, -0.2) is 8.42 Å². The predicted octanol–water partition coefficient (Wildman–Crippen LogP) is 2.07. The zero-order valence-corrected chi connectivity index (χ0v) is 13.6. The average molecular weight is 331 g/mol. The van der Waals surface area contributed by atoms with Crippen LogP contribution in [0.2, 0.25) is 5.02 Å². The molecule has 1 aliphatic rings. The molecule has 1 amide bonds. The van der Waals surface area contributed by atoms with Crippen molar-refractivity contribution in [1.82, 2.24) is 5.32 Å². The molecule has 1 saturated heterocycles. The molecule has 2 N–H and O–H groups in total. The predicted molar refractivity (Wildman–Crippen MR) is 83.4 cm³/mol. The van der Waals surface area contributed by atoms with Crippen LogP contribution in [0.1, 0.15) is 19.8 Å². The van der Waals surface area contributed by atoms with Crippen molar-refractivity contribution in [2.24, 2.45) is 5.92 Å². The first-order valence-electron chi connectivity index (χ1n) is 6.81. The first-order valence-corrected chi connectivity index (χ1v) is 9.08. The van der Waals surface area contributed by atoms with E-state index in [1.54, 1.807) is 0 Å². The summed E-state index contributed by atoms with van der Waals surface area (Å²) in [5.41, 5.74) is 0.343. The van der Waals surface area contributed by atoms with Crippen LogP contribution in [0, 0.1) is 5.92 Å². The quantitative estimate of drug-likeness (QED) is 0.889. The summed E-state index contributed by atoms with van der Waals surface area (Å²) in [5, 5.41) is 6.37. The van der Waals surface area contributed by atoms with Crippen molar-refractivity contribution in [2.75, 3.05) is 18.1 Å². The summed E-state index contributed by atoms with van der Waals surface area (Å²) in [7, 11) is -3.33. The van der Waals surface area contributed by atoms with Gasteiger partial charge < -0.3 is 10.6 Å². The number of sulfone groups is 1. The van der Waals surface area contributed by atoms with Gasteiger partial charge in [0.15, 0.2) is 9.84 Å². The van der Waals surface area contributed by atoms with Gasteiger partial charge in [0.25, 0.3) is 0 Å². The molecule has 0 aromatic heterocycles. The summed E-state index contributed by atoms with van der Waals surface area (Å²) in [6.45, 7) is 2.84. The van der Waals surface area contributed by atoms with Crippen molar-refractivity contribution in [2.45, 2.75) is 30.7 Å². The third-order valence-electron chi connectivity index (χ3n) is 3.62. The van der Waals surface area contributed by atoms with E-state index in [4.69, 9.17) is 11.6 Å². The van der Waals surface area contributed by atoms with Gasteiger partial charge in [0, 0.05) is 18.2 Å². The number of anilines is 1. The molecule has 1 aromatic rings. The first kappa shape index (κ1) is 16.3. The van der Waals surface area contributed by atoms with Crippen molar-refractivity contribution in [1.29, 1.82) is 0 Å². The number of hydrogen-bond donors (Lipinski definition) is 2. The van der Waals surface area contributed by atoms with Crippen LogP contribution in [0.3, 0.4) is 0 Å². The van der Waals surface area contributed by atoms with Crippen LogP contribution < -0.4 is 10.6 Å². The van der Waals surface area contributed by atoms with Gasteiger partial charge in [-0.05, 0) is 44.5 Å². The summed E-state index contributed by atoms with van der Waals surface area (Å²) in [6.07, 6.45) is 2.64. The number of hydrogen-bond acceptors (Lipinski definition) is 4. The number of carbonyl (C=O) groups excluding carboxylic acids is 1. The lowest BCUT2D eigenvalue weighted by Gasteiger charge is -2.27. The van der Waals surface area contributed by atoms with Crippen molar-refractivity contribution >= 4 is 33.0 Å². The molecule has 0 aliphatic carbocycles. The second-order valence-electron chi connectivity index (χ2n) is 5.48. The number of rotatable bonds is 3. The van der Waals surface area contributed by atoms with Crippen LogP contribution in [-0.4, -0.2) is 33.2 Å². The molecule has 5 nitrogen and oxygen atoms in total. The van der Waals surface area contributed by atoms with E-state index in [-0.39, 0.29) is 16.7 Å². The fourth-order valence-corrected chi connectivity index (χ4v) is 3.25. The van der Waals surface area contributed by atoms with Gasteiger partial charge in [-0.15, -0.1) is 0 Å². The maximum atomic E-state index is 12.3. The van der Waals surface area contributed by atoms with E-state index in [0.717, 1.165) is 25.6 Å². The fraction of sp³-hybridized carbons (Fsp3) is 0.500. The second kappa shape index (κ2) is 6.34. The maximum Gasteiger partial charge on any atom is 0.227 e. The Balaban J connectivity index is 2.17. The molecule has 21 heavy (non-hydrogen) atoms. The topological polar surface area (TPSA) is 75.3 Å². The number of carbonyl (C=O) groups is 1. The van der Waals surface area contributed by atoms with Gasteiger partial charge in [0.2, 0.25) is 5.91 Å². The molecule has 0 saturated carbocycles. The highest BCUT2D eigenvalue weighted by Crippen LogP contribution is 2.27. The van der Waals surface area contributed by atoms with Gasteiger partial charge >= 0.3 is 0 Å². The Bertz CT molecular complexity index is 646. The SMILES string of the molecule is CC1CC(C(=O)Nc2cc(S(C)(=O)=O)ccc2Cl)CCN1. The van der Waals surface area contributed by atoms with Crippen molar-refractivity contribution in [3.63, 3.8) is 0 Å². The molecule has 0 radical (unpaired) electrons.